The van der Waals surface area contributed by atoms with Gasteiger partial charge in [-0.05, 0) is 53.0 Å². The summed E-state index contributed by atoms with van der Waals surface area (Å²) in [6.45, 7) is 3.94. The second kappa shape index (κ2) is 5.80. The number of carbonyl (C=O) groups excluding carboxylic acids is 1. The number of nitrogens with one attached hydrogen (secondary N) is 1. The Labute approximate surface area is 117 Å². The number of piperidine rings is 2. The van der Waals surface area contributed by atoms with E-state index in [0.717, 1.165) is 19.3 Å². The highest BCUT2D eigenvalue weighted by Gasteiger charge is 2.36. The SMILES string of the molecule is CN1C2CCCC1CC(NC(=O)CCC(C)(C)N)C2. The molecule has 2 heterocycles. The van der Waals surface area contributed by atoms with Crippen molar-refractivity contribution in [1.82, 2.24) is 10.2 Å². The summed E-state index contributed by atoms with van der Waals surface area (Å²) in [5.74, 6) is 0.172. The molecule has 0 aromatic heterocycles. The number of nitrogens with two attached hydrogens (primary N) is 1. The van der Waals surface area contributed by atoms with Crippen LogP contribution < -0.4 is 11.1 Å². The van der Waals surface area contributed by atoms with Crippen LogP contribution in [0.4, 0.5) is 0 Å². The topological polar surface area (TPSA) is 58.4 Å². The molecule has 3 N–H and O–H groups in total. The normalized spacial score (nSPS) is 32.1. The quantitative estimate of drug-likeness (QED) is 0.814. The molecule has 2 atom stereocenters. The first kappa shape index (κ1) is 14.8. The number of hydrogen-bond acceptors (Lipinski definition) is 3. The molecule has 0 aliphatic carbocycles. The van der Waals surface area contributed by atoms with Crippen LogP contribution in [-0.2, 0) is 4.79 Å². The Morgan fingerprint density at radius 2 is 1.89 bits per heavy atom. The third-order valence-corrected chi connectivity index (χ3v) is 4.70. The number of rotatable bonds is 4. The van der Waals surface area contributed by atoms with Gasteiger partial charge in [0.15, 0.2) is 0 Å². The van der Waals surface area contributed by atoms with Crippen molar-refractivity contribution in [3.05, 3.63) is 0 Å². The monoisotopic (exact) mass is 267 g/mol. The van der Waals surface area contributed by atoms with Gasteiger partial charge in [0.2, 0.25) is 5.91 Å². The molecule has 0 spiro atoms. The van der Waals surface area contributed by atoms with Crippen LogP contribution in [0.3, 0.4) is 0 Å². The van der Waals surface area contributed by atoms with Gasteiger partial charge in [-0.2, -0.15) is 0 Å². The van der Waals surface area contributed by atoms with E-state index in [0.29, 0.717) is 24.5 Å². The summed E-state index contributed by atoms with van der Waals surface area (Å²) >= 11 is 0. The first-order valence-corrected chi connectivity index (χ1v) is 7.65. The fourth-order valence-corrected chi connectivity index (χ4v) is 3.47. The number of hydrogen-bond donors (Lipinski definition) is 2. The lowest BCUT2D eigenvalue weighted by Crippen LogP contribution is -2.55. The third-order valence-electron chi connectivity index (χ3n) is 4.70. The standard InChI is InChI=1S/C15H29N3O/c1-15(2,16)8-7-14(19)17-11-9-12-5-4-6-13(10-11)18(12)3/h11-13H,4-10,16H2,1-3H3,(H,17,19). The summed E-state index contributed by atoms with van der Waals surface area (Å²) in [4.78, 5) is 14.5. The van der Waals surface area contributed by atoms with Crippen molar-refractivity contribution < 1.29 is 4.79 Å². The predicted molar refractivity (Wildman–Crippen MR) is 77.9 cm³/mol. The van der Waals surface area contributed by atoms with Crippen molar-refractivity contribution in [2.45, 2.75) is 82.5 Å². The van der Waals surface area contributed by atoms with Crippen LogP contribution in [0.15, 0.2) is 0 Å². The maximum atomic E-state index is 12.0. The Morgan fingerprint density at radius 1 is 1.32 bits per heavy atom. The minimum atomic E-state index is -0.249. The lowest BCUT2D eigenvalue weighted by atomic mass is 9.82. The predicted octanol–water partition coefficient (Wildman–Crippen LogP) is 1.64. The van der Waals surface area contributed by atoms with Gasteiger partial charge in [-0.15, -0.1) is 0 Å². The molecule has 2 bridgehead atoms. The van der Waals surface area contributed by atoms with Gasteiger partial charge in [-0.3, -0.25) is 4.79 Å². The van der Waals surface area contributed by atoms with Crippen LogP contribution in [0.25, 0.3) is 0 Å². The lowest BCUT2D eigenvalue weighted by molar-refractivity contribution is -0.122. The molecule has 0 aromatic carbocycles. The van der Waals surface area contributed by atoms with Crippen LogP contribution in [0, 0.1) is 0 Å². The number of fused-ring (bicyclic) bond motifs is 2. The molecule has 2 saturated heterocycles. The van der Waals surface area contributed by atoms with E-state index in [4.69, 9.17) is 5.73 Å². The zero-order chi connectivity index (χ0) is 14.0. The minimum Gasteiger partial charge on any atom is -0.353 e. The number of carbonyl (C=O) groups is 1. The number of nitrogens with zero attached hydrogens (tertiary/aromatic N) is 1. The van der Waals surface area contributed by atoms with Crippen molar-refractivity contribution in [1.29, 1.82) is 0 Å². The summed E-state index contributed by atoms with van der Waals surface area (Å²) in [5, 5.41) is 3.22. The second-order valence-corrected chi connectivity index (χ2v) is 7.13. The lowest BCUT2D eigenvalue weighted by Gasteiger charge is -2.47. The first-order chi connectivity index (χ1) is 8.85. The molecule has 2 fully saturated rings. The van der Waals surface area contributed by atoms with Gasteiger partial charge >= 0.3 is 0 Å². The van der Waals surface area contributed by atoms with Gasteiger partial charge in [0.25, 0.3) is 0 Å². The summed E-state index contributed by atoms with van der Waals surface area (Å²) in [6.07, 6.45) is 7.45. The molecule has 0 aromatic rings. The van der Waals surface area contributed by atoms with Gasteiger partial charge in [0.1, 0.15) is 0 Å². The first-order valence-electron chi connectivity index (χ1n) is 7.65. The fourth-order valence-electron chi connectivity index (χ4n) is 3.47. The molecule has 2 aliphatic rings. The third kappa shape index (κ3) is 4.18. The molecule has 1 amide bonds. The van der Waals surface area contributed by atoms with Gasteiger partial charge in [-0.1, -0.05) is 6.42 Å². The molecule has 4 nitrogen and oxygen atoms in total. The van der Waals surface area contributed by atoms with E-state index in [1.54, 1.807) is 0 Å². The van der Waals surface area contributed by atoms with Crippen molar-refractivity contribution in [2.75, 3.05) is 7.05 Å². The van der Waals surface area contributed by atoms with Crippen molar-refractivity contribution in [3.63, 3.8) is 0 Å². The highest BCUT2D eigenvalue weighted by atomic mass is 16.1. The molecule has 0 radical (unpaired) electrons. The summed E-state index contributed by atoms with van der Waals surface area (Å²) < 4.78 is 0. The Bertz CT molecular complexity index is 310. The molecule has 110 valence electrons. The summed E-state index contributed by atoms with van der Waals surface area (Å²) in [5.41, 5.74) is 5.67. The molecule has 2 rings (SSSR count). The van der Waals surface area contributed by atoms with Gasteiger partial charge in [0, 0.05) is 30.1 Å². The van der Waals surface area contributed by atoms with E-state index in [-0.39, 0.29) is 11.4 Å². The zero-order valence-corrected chi connectivity index (χ0v) is 12.6. The Balaban J connectivity index is 1.79. The molecule has 19 heavy (non-hydrogen) atoms. The smallest absolute Gasteiger partial charge is 0.220 e. The highest BCUT2D eigenvalue weighted by Crippen LogP contribution is 2.32. The Kier molecular flexibility index (Phi) is 4.51. The average Bonchev–Trinajstić information content (AvgIpc) is 2.27. The molecular weight excluding hydrogens is 238 g/mol. The molecule has 0 saturated carbocycles. The van der Waals surface area contributed by atoms with Crippen molar-refractivity contribution in [3.8, 4) is 0 Å². The summed E-state index contributed by atoms with van der Waals surface area (Å²) in [7, 11) is 2.24. The van der Waals surface area contributed by atoms with Gasteiger partial charge in [0.05, 0.1) is 0 Å². The zero-order valence-electron chi connectivity index (χ0n) is 12.6. The second-order valence-electron chi connectivity index (χ2n) is 7.13. The highest BCUT2D eigenvalue weighted by molar-refractivity contribution is 5.76. The Hall–Kier alpha value is -0.610. The van der Waals surface area contributed by atoms with E-state index in [9.17, 15) is 4.79 Å². The van der Waals surface area contributed by atoms with E-state index in [1.807, 2.05) is 13.8 Å². The molecule has 4 heteroatoms. The maximum Gasteiger partial charge on any atom is 0.220 e. The average molecular weight is 267 g/mol. The molecule has 2 unspecified atom stereocenters. The van der Waals surface area contributed by atoms with Crippen LogP contribution in [0.2, 0.25) is 0 Å². The van der Waals surface area contributed by atoms with E-state index >= 15 is 0 Å². The van der Waals surface area contributed by atoms with Crippen molar-refractivity contribution >= 4 is 5.91 Å². The van der Waals surface area contributed by atoms with Crippen LogP contribution in [0.1, 0.15) is 58.8 Å². The summed E-state index contributed by atoms with van der Waals surface area (Å²) in [6, 6.07) is 1.72. The molecule has 2 aliphatic heterocycles. The Morgan fingerprint density at radius 3 is 2.42 bits per heavy atom. The number of amides is 1. The minimum absolute atomic E-state index is 0.172. The molecular formula is C15H29N3O. The van der Waals surface area contributed by atoms with Crippen LogP contribution in [0.5, 0.6) is 0 Å². The van der Waals surface area contributed by atoms with E-state index in [1.165, 1.54) is 19.3 Å². The van der Waals surface area contributed by atoms with Crippen LogP contribution >= 0.6 is 0 Å². The van der Waals surface area contributed by atoms with Gasteiger partial charge < -0.3 is 16.0 Å². The van der Waals surface area contributed by atoms with Crippen molar-refractivity contribution in [2.24, 2.45) is 5.73 Å². The van der Waals surface area contributed by atoms with Gasteiger partial charge in [-0.25, -0.2) is 0 Å². The van der Waals surface area contributed by atoms with E-state index < -0.39 is 0 Å². The van der Waals surface area contributed by atoms with Crippen LogP contribution in [-0.4, -0.2) is 41.5 Å². The largest absolute Gasteiger partial charge is 0.353 e. The maximum absolute atomic E-state index is 12.0. The fraction of sp³-hybridized carbons (Fsp3) is 0.933. The van der Waals surface area contributed by atoms with E-state index in [2.05, 4.69) is 17.3 Å².